The Morgan fingerprint density at radius 1 is 1.80 bits per heavy atom. The van der Waals surface area contributed by atoms with E-state index in [2.05, 4.69) is 17.2 Å². The first-order valence-corrected chi connectivity index (χ1v) is 4.32. The van der Waals surface area contributed by atoms with Gasteiger partial charge in [-0.05, 0) is 12.7 Å². The lowest BCUT2D eigenvalue weighted by Gasteiger charge is -2.01. The van der Waals surface area contributed by atoms with Gasteiger partial charge in [0, 0.05) is 6.54 Å². The second kappa shape index (κ2) is 6.43. The van der Waals surface area contributed by atoms with Gasteiger partial charge in [-0.2, -0.15) is 5.26 Å². The molecule has 0 fully saturated rings. The lowest BCUT2D eigenvalue weighted by atomic mass is 10.5. The van der Waals surface area contributed by atoms with E-state index in [0.717, 1.165) is 13.0 Å². The maximum atomic E-state index is 8.18. The number of rotatable bonds is 2. The van der Waals surface area contributed by atoms with Crippen molar-refractivity contribution in [3.63, 3.8) is 0 Å². The van der Waals surface area contributed by atoms with Crippen molar-refractivity contribution in [3.8, 4) is 6.19 Å². The van der Waals surface area contributed by atoms with Crippen molar-refractivity contribution in [2.75, 3.05) is 12.8 Å². The molecule has 0 aromatic heterocycles. The van der Waals surface area contributed by atoms with Crippen molar-refractivity contribution < 1.29 is 0 Å². The molecule has 0 heterocycles. The van der Waals surface area contributed by atoms with Gasteiger partial charge < -0.3 is 5.32 Å². The van der Waals surface area contributed by atoms with Gasteiger partial charge in [-0.25, -0.2) is 0 Å². The van der Waals surface area contributed by atoms with E-state index < -0.39 is 0 Å². The van der Waals surface area contributed by atoms with Gasteiger partial charge in [-0.15, -0.1) is 4.99 Å². The van der Waals surface area contributed by atoms with Crippen molar-refractivity contribution in [3.05, 3.63) is 0 Å². The lowest BCUT2D eigenvalue weighted by molar-refractivity contribution is 0.848. The van der Waals surface area contributed by atoms with Crippen LogP contribution in [0.15, 0.2) is 4.99 Å². The largest absolute Gasteiger partial charge is 0.364 e. The minimum Gasteiger partial charge on any atom is -0.364 e. The quantitative estimate of drug-likeness (QED) is 0.372. The lowest BCUT2D eigenvalue weighted by Crippen LogP contribution is -2.20. The van der Waals surface area contributed by atoms with Crippen molar-refractivity contribution in [1.29, 1.82) is 5.26 Å². The number of nitrogens with zero attached hydrogens (tertiary/aromatic N) is 2. The molecule has 0 aliphatic heterocycles. The van der Waals surface area contributed by atoms with Gasteiger partial charge in [0.05, 0.1) is 0 Å². The molecule has 0 radical (unpaired) electrons. The molecule has 0 rings (SSSR count). The van der Waals surface area contributed by atoms with Crippen LogP contribution in [0.5, 0.6) is 0 Å². The SMILES string of the molecule is CCCN/C(=N/C#N)SC. The third kappa shape index (κ3) is 4.21. The molecule has 1 N–H and O–H groups in total. The Labute approximate surface area is 65.5 Å². The molecule has 0 atom stereocenters. The van der Waals surface area contributed by atoms with Crippen LogP contribution in [0.4, 0.5) is 0 Å². The normalized spacial score (nSPS) is 10.7. The molecular weight excluding hydrogens is 146 g/mol. The molecule has 10 heavy (non-hydrogen) atoms. The average molecular weight is 157 g/mol. The van der Waals surface area contributed by atoms with Crippen LogP contribution in [0.25, 0.3) is 0 Å². The highest BCUT2D eigenvalue weighted by molar-refractivity contribution is 8.13. The van der Waals surface area contributed by atoms with Crippen LogP contribution in [0.3, 0.4) is 0 Å². The summed E-state index contributed by atoms with van der Waals surface area (Å²) in [5, 5.41) is 11.9. The summed E-state index contributed by atoms with van der Waals surface area (Å²) in [5.41, 5.74) is 0. The summed E-state index contributed by atoms with van der Waals surface area (Å²) >= 11 is 1.45. The third-order valence-corrected chi connectivity index (χ3v) is 1.49. The number of nitrogens with one attached hydrogen (secondary N) is 1. The Morgan fingerprint density at radius 2 is 2.50 bits per heavy atom. The summed E-state index contributed by atoms with van der Waals surface area (Å²) < 4.78 is 0. The summed E-state index contributed by atoms with van der Waals surface area (Å²) in [7, 11) is 0. The minimum absolute atomic E-state index is 0.698. The number of hydrogen-bond donors (Lipinski definition) is 1. The standard InChI is InChI=1S/C6H11N3S/c1-3-4-8-6(10-2)9-5-7/h3-4H2,1-2H3,(H,8,9). The van der Waals surface area contributed by atoms with Gasteiger partial charge >= 0.3 is 0 Å². The van der Waals surface area contributed by atoms with Gasteiger partial charge in [-0.3, -0.25) is 0 Å². The summed E-state index contributed by atoms with van der Waals surface area (Å²) in [5.74, 6) is 0. The van der Waals surface area contributed by atoms with Crippen molar-refractivity contribution in [2.45, 2.75) is 13.3 Å². The van der Waals surface area contributed by atoms with Crippen LogP contribution >= 0.6 is 11.8 Å². The van der Waals surface area contributed by atoms with Crippen LogP contribution in [0.2, 0.25) is 0 Å². The highest BCUT2D eigenvalue weighted by atomic mass is 32.2. The zero-order valence-corrected chi connectivity index (χ0v) is 7.03. The molecule has 0 saturated carbocycles. The molecule has 0 aliphatic rings. The second-order valence-corrected chi connectivity index (χ2v) is 2.44. The number of amidine groups is 1. The van der Waals surface area contributed by atoms with E-state index in [9.17, 15) is 0 Å². The topological polar surface area (TPSA) is 48.2 Å². The highest BCUT2D eigenvalue weighted by Gasteiger charge is 1.91. The molecule has 0 amide bonds. The highest BCUT2D eigenvalue weighted by Crippen LogP contribution is 1.93. The molecule has 0 unspecified atom stereocenters. The summed E-state index contributed by atoms with van der Waals surface area (Å²) in [6.45, 7) is 2.94. The molecule has 0 saturated heterocycles. The Balaban J connectivity index is 3.63. The van der Waals surface area contributed by atoms with E-state index >= 15 is 0 Å². The average Bonchev–Trinajstić information content (AvgIpc) is 1.98. The fourth-order valence-corrected chi connectivity index (χ4v) is 0.813. The maximum absolute atomic E-state index is 8.18. The van der Waals surface area contributed by atoms with Crippen molar-refractivity contribution in [1.82, 2.24) is 5.32 Å². The van der Waals surface area contributed by atoms with Gasteiger partial charge in [0.1, 0.15) is 0 Å². The Morgan fingerprint density at radius 3 is 2.90 bits per heavy atom. The Hall–Kier alpha value is -0.690. The maximum Gasteiger partial charge on any atom is 0.208 e. The smallest absolute Gasteiger partial charge is 0.208 e. The molecule has 3 nitrogen and oxygen atoms in total. The molecule has 0 spiro atoms. The first-order chi connectivity index (χ1) is 4.85. The molecule has 0 aliphatic carbocycles. The Kier molecular flexibility index (Phi) is 5.99. The monoisotopic (exact) mass is 157 g/mol. The van der Waals surface area contributed by atoms with Crippen LogP contribution in [0.1, 0.15) is 13.3 Å². The Bertz CT molecular complexity index is 148. The van der Waals surface area contributed by atoms with Gasteiger partial charge in [0.2, 0.25) is 6.19 Å². The number of thioether (sulfide) groups is 1. The van der Waals surface area contributed by atoms with Crippen LogP contribution in [-0.4, -0.2) is 18.0 Å². The van der Waals surface area contributed by atoms with E-state index in [1.807, 2.05) is 6.26 Å². The third-order valence-electron chi connectivity index (χ3n) is 0.871. The number of nitriles is 1. The minimum atomic E-state index is 0.698. The molecule has 0 bridgehead atoms. The first-order valence-electron chi connectivity index (χ1n) is 3.09. The second-order valence-electron chi connectivity index (χ2n) is 1.65. The number of hydrogen-bond acceptors (Lipinski definition) is 3. The zero-order valence-electron chi connectivity index (χ0n) is 6.22. The molecule has 0 aromatic rings. The van der Waals surface area contributed by atoms with Gasteiger partial charge in [0.25, 0.3) is 0 Å². The van der Waals surface area contributed by atoms with E-state index in [4.69, 9.17) is 5.26 Å². The molecular formula is C6H11N3S. The van der Waals surface area contributed by atoms with Gasteiger partial charge in [0.15, 0.2) is 5.17 Å². The fraction of sp³-hybridized carbons (Fsp3) is 0.667. The predicted octanol–water partition coefficient (Wildman–Crippen LogP) is 1.19. The summed E-state index contributed by atoms with van der Waals surface area (Å²) in [6.07, 6.45) is 4.67. The van der Waals surface area contributed by atoms with Crippen LogP contribution < -0.4 is 5.32 Å². The summed E-state index contributed by atoms with van der Waals surface area (Å²) in [4.78, 5) is 3.55. The molecule has 56 valence electrons. The van der Waals surface area contributed by atoms with Crippen LogP contribution in [-0.2, 0) is 0 Å². The van der Waals surface area contributed by atoms with Crippen LogP contribution in [0, 0.1) is 11.5 Å². The molecule has 4 heteroatoms. The van der Waals surface area contributed by atoms with E-state index in [1.54, 1.807) is 6.19 Å². The van der Waals surface area contributed by atoms with Crippen molar-refractivity contribution in [2.24, 2.45) is 4.99 Å². The van der Waals surface area contributed by atoms with Crippen molar-refractivity contribution >= 4 is 16.9 Å². The fourth-order valence-electron chi connectivity index (χ4n) is 0.435. The van der Waals surface area contributed by atoms with E-state index in [-0.39, 0.29) is 0 Å². The van der Waals surface area contributed by atoms with Gasteiger partial charge in [-0.1, -0.05) is 18.7 Å². The molecule has 0 aromatic carbocycles. The number of aliphatic imine (C=N–C) groups is 1. The van der Waals surface area contributed by atoms with E-state index in [0.29, 0.717) is 5.17 Å². The van der Waals surface area contributed by atoms with E-state index in [1.165, 1.54) is 11.8 Å². The zero-order chi connectivity index (χ0) is 7.82. The summed E-state index contributed by atoms with van der Waals surface area (Å²) in [6, 6.07) is 0. The first kappa shape index (κ1) is 9.31. The predicted molar refractivity (Wildman–Crippen MR) is 44.9 cm³/mol.